The Labute approximate surface area is 184 Å². The van der Waals surface area contributed by atoms with Crippen molar-refractivity contribution in [3.8, 4) is 0 Å². The first-order valence-corrected chi connectivity index (χ1v) is 11.6. The Balaban J connectivity index is 0.00000155. The average molecular weight is 414 g/mol. The minimum Gasteiger partial charge on any atom is -0.479 e. The first kappa shape index (κ1) is 24.3. The van der Waals surface area contributed by atoms with Crippen LogP contribution in [0, 0.1) is 18.3 Å². The molecule has 1 aliphatic carbocycles. The summed E-state index contributed by atoms with van der Waals surface area (Å²) in [6.07, 6.45) is 9.07. The summed E-state index contributed by atoms with van der Waals surface area (Å²) in [5.41, 5.74) is 9.65. The van der Waals surface area contributed by atoms with E-state index in [0.29, 0.717) is 17.9 Å². The highest BCUT2D eigenvalue weighted by Crippen LogP contribution is 2.47. The standard InChI is InChI=1S/C25H38N2O.CH5N/c1-6-7-16-28-21(4)26-23-11-12-24(19(2)17-23)20(3)27-15-13-22-10-8-9-14-25(22,5)18-27;1-2/h11-12,17,22,26H,3-4,6-10,13-16,18H2,1-2,5H3;2H2,1H3. The summed E-state index contributed by atoms with van der Waals surface area (Å²) in [6.45, 7) is 18.3. The van der Waals surface area contributed by atoms with Crippen molar-refractivity contribution in [2.45, 2.75) is 65.7 Å². The molecule has 4 nitrogen and oxygen atoms in total. The first-order chi connectivity index (χ1) is 14.4. The van der Waals surface area contributed by atoms with Crippen LogP contribution >= 0.6 is 0 Å². The maximum Gasteiger partial charge on any atom is 0.183 e. The highest BCUT2D eigenvalue weighted by atomic mass is 16.5. The zero-order valence-electron chi connectivity index (χ0n) is 19.7. The van der Waals surface area contributed by atoms with Crippen LogP contribution < -0.4 is 11.1 Å². The van der Waals surface area contributed by atoms with Crippen LogP contribution in [0.4, 0.5) is 5.69 Å². The number of anilines is 1. The van der Waals surface area contributed by atoms with E-state index in [1.807, 2.05) is 0 Å². The van der Waals surface area contributed by atoms with Crippen LogP contribution in [0.5, 0.6) is 0 Å². The number of nitrogens with zero attached hydrogens (tertiary/aromatic N) is 1. The van der Waals surface area contributed by atoms with Gasteiger partial charge in [-0.2, -0.15) is 0 Å². The number of hydrogen-bond acceptors (Lipinski definition) is 4. The zero-order chi connectivity index (χ0) is 22.1. The molecule has 3 rings (SSSR count). The van der Waals surface area contributed by atoms with Crippen molar-refractivity contribution in [3.05, 3.63) is 48.4 Å². The Morgan fingerprint density at radius 3 is 2.73 bits per heavy atom. The molecule has 2 unspecified atom stereocenters. The molecule has 1 aromatic rings. The monoisotopic (exact) mass is 413 g/mol. The van der Waals surface area contributed by atoms with Crippen molar-refractivity contribution in [2.75, 3.05) is 32.1 Å². The third kappa shape index (κ3) is 6.04. The summed E-state index contributed by atoms with van der Waals surface area (Å²) < 4.78 is 5.63. The largest absolute Gasteiger partial charge is 0.479 e. The number of fused-ring (bicyclic) bond motifs is 1. The minimum absolute atomic E-state index is 0.461. The van der Waals surface area contributed by atoms with Crippen LogP contribution in [0.2, 0.25) is 0 Å². The van der Waals surface area contributed by atoms with Crippen LogP contribution in [-0.2, 0) is 4.74 Å². The summed E-state index contributed by atoms with van der Waals surface area (Å²) in [5.74, 6) is 1.52. The topological polar surface area (TPSA) is 50.5 Å². The van der Waals surface area contributed by atoms with Gasteiger partial charge in [-0.25, -0.2) is 0 Å². The fourth-order valence-electron chi connectivity index (χ4n) is 5.00. The Morgan fingerprint density at radius 1 is 1.27 bits per heavy atom. The zero-order valence-corrected chi connectivity index (χ0v) is 19.7. The molecule has 0 bridgehead atoms. The van der Waals surface area contributed by atoms with Crippen LogP contribution in [0.1, 0.15) is 69.9 Å². The van der Waals surface area contributed by atoms with E-state index in [4.69, 9.17) is 4.74 Å². The molecular formula is C26H43N3O. The molecule has 0 aromatic heterocycles. The number of ether oxygens (including phenoxy) is 1. The van der Waals surface area contributed by atoms with E-state index in [0.717, 1.165) is 37.5 Å². The van der Waals surface area contributed by atoms with Gasteiger partial charge in [-0.3, -0.25) is 0 Å². The number of nitrogens with one attached hydrogen (secondary N) is 1. The maximum absolute atomic E-state index is 5.63. The van der Waals surface area contributed by atoms with Gasteiger partial charge in [0.25, 0.3) is 0 Å². The minimum atomic E-state index is 0.461. The lowest BCUT2D eigenvalue weighted by Gasteiger charge is -2.50. The molecule has 0 radical (unpaired) electrons. The molecule has 1 saturated heterocycles. The Bertz CT molecular complexity index is 714. The lowest BCUT2D eigenvalue weighted by atomic mass is 9.64. The molecule has 2 atom stereocenters. The number of piperidine rings is 1. The highest BCUT2D eigenvalue weighted by molar-refractivity contribution is 5.68. The fourth-order valence-corrected chi connectivity index (χ4v) is 5.00. The summed E-state index contributed by atoms with van der Waals surface area (Å²) in [4.78, 5) is 2.53. The Hall–Kier alpha value is -1.94. The third-order valence-electron chi connectivity index (χ3n) is 6.81. The van der Waals surface area contributed by atoms with Gasteiger partial charge in [0.05, 0.1) is 6.61 Å². The van der Waals surface area contributed by atoms with Crippen molar-refractivity contribution in [1.29, 1.82) is 0 Å². The first-order valence-electron chi connectivity index (χ1n) is 11.6. The highest BCUT2D eigenvalue weighted by Gasteiger charge is 2.41. The van der Waals surface area contributed by atoms with Gasteiger partial charge in [-0.1, -0.05) is 45.8 Å². The predicted octanol–water partition coefficient (Wildman–Crippen LogP) is 6.14. The van der Waals surface area contributed by atoms with Crippen LogP contribution in [-0.4, -0.2) is 31.6 Å². The molecule has 1 saturated carbocycles. The van der Waals surface area contributed by atoms with Gasteiger partial charge in [0.2, 0.25) is 0 Å². The summed E-state index contributed by atoms with van der Waals surface area (Å²) in [5, 5.41) is 3.27. The molecule has 2 fully saturated rings. The summed E-state index contributed by atoms with van der Waals surface area (Å²) in [7, 11) is 1.50. The van der Waals surface area contributed by atoms with Gasteiger partial charge in [0.1, 0.15) is 0 Å². The maximum atomic E-state index is 5.63. The number of unbranched alkanes of at least 4 members (excludes halogenated alkanes) is 1. The van der Waals surface area contributed by atoms with Gasteiger partial charge in [0.15, 0.2) is 5.88 Å². The lowest BCUT2D eigenvalue weighted by molar-refractivity contribution is 0.0337. The molecule has 4 heteroatoms. The average Bonchev–Trinajstić information content (AvgIpc) is 2.74. The Kier molecular flexibility index (Phi) is 9.29. The van der Waals surface area contributed by atoms with Gasteiger partial charge < -0.3 is 20.7 Å². The second-order valence-electron chi connectivity index (χ2n) is 9.03. The number of benzene rings is 1. The van der Waals surface area contributed by atoms with Crippen LogP contribution in [0.15, 0.2) is 37.2 Å². The third-order valence-corrected chi connectivity index (χ3v) is 6.81. The molecule has 1 aromatic carbocycles. The van der Waals surface area contributed by atoms with E-state index in [2.05, 4.69) is 68.1 Å². The number of aryl methyl sites for hydroxylation is 1. The quantitative estimate of drug-likeness (QED) is 0.397. The van der Waals surface area contributed by atoms with Gasteiger partial charge >= 0.3 is 0 Å². The van der Waals surface area contributed by atoms with Crippen LogP contribution in [0.3, 0.4) is 0 Å². The smallest absolute Gasteiger partial charge is 0.183 e. The number of likely N-dealkylation sites (tertiary alicyclic amines) is 1. The molecule has 0 amide bonds. The second-order valence-corrected chi connectivity index (χ2v) is 9.03. The molecule has 30 heavy (non-hydrogen) atoms. The number of nitrogens with two attached hydrogens (primary N) is 1. The normalized spacial score (nSPS) is 23.0. The van der Waals surface area contributed by atoms with E-state index >= 15 is 0 Å². The van der Waals surface area contributed by atoms with Crippen molar-refractivity contribution < 1.29 is 4.74 Å². The molecule has 3 N–H and O–H groups in total. The van der Waals surface area contributed by atoms with Gasteiger partial charge in [0, 0.05) is 30.0 Å². The van der Waals surface area contributed by atoms with Gasteiger partial charge in [-0.15, -0.1) is 0 Å². The van der Waals surface area contributed by atoms with Gasteiger partial charge in [-0.05, 0) is 75.3 Å². The molecule has 0 spiro atoms. The van der Waals surface area contributed by atoms with E-state index in [9.17, 15) is 0 Å². The summed E-state index contributed by atoms with van der Waals surface area (Å²) in [6, 6.07) is 6.47. The second kappa shape index (κ2) is 11.5. The molecule has 1 aliphatic heterocycles. The van der Waals surface area contributed by atoms with Crippen molar-refractivity contribution in [3.63, 3.8) is 0 Å². The molecule has 168 valence electrons. The number of rotatable bonds is 8. The molecule has 1 heterocycles. The van der Waals surface area contributed by atoms with E-state index in [1.165, 1.54) is 56.0 Å². The lowest BCUT2D eigenvalue weighted by Crippen LogP contribution is -2.47. The van der Waals surface area contributed by atoms with Crippen molar-refractivity contribution in [1.82, 2.24) is 4.90 Å². The molecule has 2 aliphatic rings. The summed E-state index contributed by atoms with van der Waals surface area (Å²) >= 11 is 0. The van der Waals surface area contributed by atoms with Crippen molar-refractivity contribution in [2.24, 2.45) is 17.1 Å². The SMILES string of the molecule is C=C(Nc1ccc(C(=C)N2CCC3CCCCC3(C)C2)c(C)c1)OCCCC.CN. The Morgan fingerprint density at radius 2 is 2.03 bits per heavy atom. The van der Waals surface area contributed by atoms with E-state index in [1.54, 1.807) is 0 Å². The van der Waals surface area contributed by atoms with E-state index in [-0.39, 0.29) is 0 Å². The van der Waals surface area contributed by atoms with Crippen LogP contribution in [0.25, 0.3) is 5.70 Å². The predicted molar refractivity (Wildman–Crippen MR) is 130 cm³/mol. The number of hydrogen-bond donors (Lipinski definition) is 2. The molecular weight excluding hydrogens is 370 g/mol. The van der Waals surface area contributed by atoms with Crippen molar-refractivity contribution >= 4 is 11.4 Å². The van der Waals surface area contributed by atoms with E-state index < -0.39 is 0 Å². The fraction of sp³-hybridized carbons (Fsp3) is 0.615.